The number of nitrogens with two attached hydrogens (primary N) is 1. The number of thiazole rings is 1. The minimum Gasteiger partial charge on any atom is -0.330 e. The van der Waals surface area contributed by atoms with Gasteiger partial charge >= 0.3 is 0 Å². The third-order valence-electron chi connectivity index (χ3n) is 2.65. The molecule has 0 aliphatic carbocycles. The maximum Gasteiger partial charge on any atom is 0.212 e. The maximum absolute atomic E-state index is 12.9. The van der Waals surface area contributed by atoms with E-state index in [4.69, 9.17) is 5.73 Å². The van der Waals surface area contributed by atoms with Crippen molar-refractivity contribution in [1.82, 2.24) is 14.6 Å². The van der Waals surface area contributed by atoms with Crippen molar-refractivity contribution in [3.8, 4) is 11.4 Å². The molecule has 2 N–H and O–H groups in total. The van der Waals surface area contributed by atoms with Gasteiger partial charge in [0.05, 0.1) is 5.69 Å². The van der Waals surface area contributed by atoms with E-state index in [0.717, 1.165) is 22.6 Å². The molecule has 3 aromatic rings. The minimum atomic E-state index is -0.261. The molecule has 18 heavy (non-hydrogen) atoms. The number of fused-ring (bicyclic) bond motifs is 1. The van der Waals surface area contributed by atoms with Crippen LogP contribution in [0.4, 0.5) is 4.39 Å². The Morgan fingerprint density at radius 3 is 2.78 bits per heavy atom. The zero-order valence-corrected chi connectivity index (χ0v) is 10.3. The van der Waals surface area contributed by atoms with Gasteiger partial charge < -0.3 is 5.73 Å². The summed E-state index contributed by atoms with van der Waals surface area (Å²) in [6.07, 6.45) is 0.770. The van der Waals surface area contributed by atoms with Gasteiger partial charge in [-0.2, -0.15) is 4.98 Å². The molecule has 0 radical (unpaired) electrons. The van der Waals surface area contributed by atoms with Crippen molar-refractivity contribution in [2.75, 3.05) is 6.54 Å². The highest BCUT2D eigenvalue weighted by Gasteiger charge is 2.10. The Bertz CT molecular complexity index is 671. The van der Waals surface area contributed by atoms with Crippen LogP contribution in [-0.2, 0) is 6.42 Å². The molecule has 2 aromatic heterocycles. The molecule has 0 unspecified atom stereocenters. The molecule has 4 nitrogen and oxygen atoms in total. The predicted molar refractivity (Wildman–Crippen MR) is 69.0 cm³/mol. The Hall–Kier alpha value is -1.79. The zero-order chi connectivity index (χ0) is 12.5. The van der Waals surface area contributed by atoms with E-state index in [2.05, 4.69) is 10.1 Å². The van der Waals surface area contributed by atoms with Crippen molar-refractivity contribution in [3.05, 3.63) is 41.2 Å². The Kier molecular flexibility index (Phi) is 2.81. The fraction of sp³-hybridized carbons (Fsp3) is 0.167. The van der Waals surface area contributed by atoms with Gasteiger partial charge in [0.25, 0.3) is 0 Å². The number of hydrogen-bond donors (Lipinski definition) is 1. The Balaban J connectivity index is 2.05. The van der Waals surface area contributed by atoms with Gasteiger partial charge in [0.2, 0.25) is 4.96 Å². The van der Waals surface area contributed by atoms with E-state index in [1.807, 2.05) is 5.38 Å². The molecular formula is C12H11FN4S. The first kappa shape index (κ1) is 11.3. The van der Waals surface area contributed by atoms with Gasteiger partial charge in [0.1, 0.15) is 5.82 Å². The van der Waals surface area contributed by atoms with E-state index < -0.39 is 0 Å². The molecule has 0 aliphatic rings. The Morgan fingerprint density at radius 2 is 2.06 bits per heavy atom. The second-order valence-corrected chi connectivity index (χ2v) is 4.74. The Labute approximate surface area is 107 Å². The summed E-state index contributed by atoms with van der Waals surface area (Å²) in [7, 11) is 0. The molecule has 0 saturated carbocycles. The van der Waals surface area contributed by atoms with Crippen LogP contribution in [0.1, 0.15) is 5.69 Å². The van der Waals surface area contributed by atoms with Crippen LogP contribution in [0, 0.1) is 5.82 Å². The van der Waals surface area contributed by atoms with E-state index in [1.54, 1.807) is 16.6 Å². The molecule has 0 amide bonds. The fourth-order valence-corrected chi connectivity index (χ4v) is 2.62. The predicted octanol–water partition coefficient (Wildman–Crippen LogP) is 2.10. The molecule has 3 rings (SSSR count). The van der Waals surface area contributed by atoms with Crippen LogP contribution in [0.25, 0.3) is 16.3 Å². The first-order chi connectivity index (χ1) is 8.78. The smallest absolute Gasteiger partial charge is 0.212 e. The molecule has 1 aromatic carbocycles. The van der Waals surface area contributed by atoms with Gasteiger partial charge in [-0.1, -0.05) is 0 Å². The van der Waals surface area contributed by atoms with E-state index in [-0.39, 0.29) is 5.82 Å². The van der Waals surface area contributed by atoms with Gasteiger partial charge in [-0.05, 0) is 30.8 Å². The largest absolute Gasteiger partial charge is 0.330 e. The van der Waals surface area contributed by atoms with E-state index in [0.29, 0.717) is 12.4 Å². The van der Waals surface area contributed by atoms with Gasteiger partial charge in [-0.15, -0.1) is 16.4 Å². The Morgan fingerprint density at radius 1 is 1.28 bits per heavy atom. The van der Waals surface area contributed by atoms with E-state index in [1.165, 1.54) is 23.5 Å². The zero-order valence-electron chi connectivity index (χ0n) is 9.51. The summed E-state index contributed by atoms with van der Waals surface area (Å²) in [5.74, 6) is 0.351. The first-order valence-corrected chi connectivity index (χ1v) is 6.45. The lowest BCUT2D eigenvalue weighted by Gasteiger charge is -1.95. The molecule has 0 saturated heterocycles. The van der Waals surface area contributed by atoms with Crippen molar-refractivity contribution >= 4 is 16.3 Å². The summed E-state index contributed by atoms with van der Waals surface area (Å²) in [6.45, 7) is 0.581. The molecule has 0 atom stereocenters. The average Bonchev–Trinajstić information content (AvgIpc) is 2.93. The summed E-state index contributed by atoms with van der Waals surface area (Å²) >= 11 is 1.53. The monoisotopic (exact) mass is 262 g/mol. The number of halogens is 1. The summed E-state index contributed by atoms with van der Waals surface area (Å²) in [4.78, 5) is 5.25. The molecule has 0 fully saturated rings. The summed E-state index contributed by atoms with van der Waals surface area (Å²) < 4.78 is 14.7. The van der Waals surface area contributed by atoms with Crippen LogP contribution in [0.5, 0.6) is 0 Å². The van der Waals surface area contributed by atoms with Crippen LogP contribution in [-0.4, -0.2) is 21.1 Å². The SMILES string of the molecule is NCCc1csc2nc(-c3ccc(F)cc3)nn12. The maximum atomic E-state index is 12.9. The lowest BCUT2D eigenvalue weighted by atomic mass is 10.2. The van der Waals surface area contributed by atoms with Gasteiger partial charge in [-0.3, -0.25) is 0 Å². The number of nitrogens with zero attached hydrogens (tertiary/aromatic N) is 3. The number of aromatic nitrogens is 3. The number of rotatable bonds is 3. The topological polar surface area (TPSA) is 56.2 Å². The van der Waals surface area contributed by atoms with Gasteiger partial charge in [0.15, 0.2) is 5.82 Å². The van der Waals surface area contributed by atoms with E-state index in [9.17, 15) is 4.39 Å². The fourth-order valence-electron chi connectivity index (χ4n) is 1.77. The molecule has 92 valence electrons. The van der Waals surface area contributed by atoms with Crippen molar-refractivity contribution < 1.29 is 4.39 Å². The molecule has 0 spiro atoms. The highest BCUT2D eigenvalue weighted by molar-refractivity contribution is 7.15. The van der Waals surface area contributed by atoms with Gasteiger partial charge in [0, 0.05) is 17.4 Å². The quantitative estimate of drug-likeness (QED) is 0.786. The van der Waals surface area contributed by atoms with Crippen molar-refractivity contribution in [2.45, 2.75) is 6.42 Å². The highest BCUT2D eigenvalue weighted by atomic mass is 32.1. The summed E-state index contributed by atoms with van der Waals surface area (Å²) in [5, 5.41) is 6.44. The third kappa shape index (κ3) is 1.89. The van der Waals surface area contributed by atoms with E-state index >= 15 is 0 Å². The molecule has 6 heteroatoms. The second kappa shape index (κ2) is 4.47. The van der Waals surface area contributed by atoms with Gasteiger partial charge in [-0.25, -0.2) is 8.91 Å². The van der Waals surface area contributed by atoms with Crippen LogP contribution >= 0.6 is 11.3 Å². The van der Waals surface area contributed by atoms with Crippen molar-refractivity contribution in [3.63, 3.8) is 0 Å². The molecular weight excluding hydrogens is 251 g/mol. The van der Waals surface area contributed by atoms with Crippen molar-refractivity contribution in [1.29, 1.82) is 0 Å². The minimum absolute atomic E-state index is 0.261. The van der Waals surface area contributed by atoms with Crippen LogP contribution in [0.2, 0.25) is 0 Å². The normalized spacial score (nSPS) is 11.2. The standard InChI is InChI=1S/C12H11FN4S/c13-9-3-1-8(2-4-9)11-15-12-17(16-11)10(5-6-14)7-18-12/h1-4,7H,5-6,14H2. The van der Waals surface area contributed by atoms with Crippen LogP contribution in [0.3, 0.4) is 0 Å². The number of benzene rings is 1. The van der Waals surface area contributed by atoms with Crippen LogP contribution < -0.4 is 5.73 Å². The van der Waals surface area contributed by atoms with Crippen LogP contribution in [0.15, 0.2) is 29.6 Å². The highest BCUT2D eigenvalue weighted by Crippen LogP contribution is 2.21. The lowest BCUT2D eigenvalue weighted by molar-refractivity contribution is 0.628. The molecule has 0 aliphatic heterocycles. The first-order valence-electron chi connectivity index (χ1n) is 5.57. The summed E-state index contributed by atoms with van der Waals surface area (Å²) in [5.41, 5.74) is 7.41. The third-order valence-corrected chi connectivity index (χ3v) is 3.52. The molecule has 2 heterocycles. The summed E-state index contributed by atoms with van der Waals surface area (Å²) in [6, 6.07) is 6.17. The molecule has 0 bridgehead atoms. The number of hydrogen-bond acceptors (Lipinski definition) is 4. The lowest BCUT2D eigenvalue weighted by Crippen LogP contribution is -2.05. The van der Waals surface area contributed by atoms with Crippen molar-refractivity contribution in [2.24, 2.45) is 5.73 Å². The second-order valence-electron chi connectivity index (χ2n) is 3.90. The average molecular weight is 262 g/mol.